The summed E-state index contributed by atoms with van der Waals surface area (Å²) in [5.41, 5.74) is 3.00. The summed E-state index contributed by atoms with van der Waals surface area (Å²) in [6.07, 6.45) is 2.22. The maximum absolute atomic E-state index is 10.3. The maximum Gasteiger partial charge on any atom is 0.120 e. The molecule has 0 radical (unpaired) electrons. The summed E-state index contributed by atoms with van der Waals surface area (Å²) in [4.78, 5) is 0. The van der Waals surface area contributed by atoms with E-state index < -0.39 is 0 Å². The van der Waals surface area contributed by atoms with Gasteiger partial charge in [-0.25, -0.2) is 0 Å². The Kier molecular flexibility index (Phi) is 5.89. The van der Waals surface area contributed by atoms with Crippen molar-refractivity contribution >= 4 is 21.6 Å². The molecule has 1 aliphatic heterocycles. The number of phenolic OH excluding ortho intramolecular Hbond substituents is 1. The van der Waals surface area contributed by atoms with Crippen LogP contribution in [0.2, 0.25) is 0 Å². The van der Waals surface area contributed by atoms with Gasteiger partial charge in [-0.05, 0) is 66.9 Å². The zero-order valence-electron chi connectivity index (χ0n) is 15.3. The van der Waals surface area contributed by atoms with Crippen LogP contribution in [0.4, 0.5) is 0 Å². The second kappa shape index (κ2) is 8.14. The van der Waals surface area contributed by atoms with E-state index >= 15 is 0 Å². The van der Waals surface area contributed by atoms with E-state index in [2.05, 4.69) is 58.6 Å². The highest BCUT2D eigenvalue weighted by atomic mass is 79.9. The van der Waals surface area contributed by atoms with Gasteiger partial charge in [0.25, 0.3) is 0 Å². The van der Waals surface area contributed by atoms with E-state index in [1.165, 1.54) is 0 Å². The Bertz CT molecular complexity index is 787. The summed E-state index contributed by atoms with van der Waals surface area (Å²) in [6.45, 7) is 6.98. The van der Waals surface area contributed by atoms with Crippen molar-refractivity contribution in [3.63, 3.8) is 0 Å². The molecule has 2 unspecified atom stereocenters. The third-order valence-electron chi connectivity index (χ3n) is 4.47. The fourth-order valence-corrected chi connectivity index (χ4v) is 3.43. The van der Waals surface area contributed by atoms with Crippen LogP contribution in [0, 0.1) is 5.92 Å². The molecule has 1 aliphatic rings. The lowest BCUT2D eigenvalue weighted by molar-refractivity contribution is 0.334. The molecule has 2 atom stereocenters. The molecule has 2 aromatic rings. The zero-order chi connectivity index (χ0) is 18.7. The Balaban J connectivity index is 1.96. The van der Waals surface area contributed by atoms with Crippen molar-refractivity contribution in [2.45, 2.75) is 33.0 Å². The van der Waals surface area contributed by atoms with E-state index in [9.17, 15) is 5.11 Å². The largest absolute Gasteiger partial charge is 0.508 e. The van der Waals surface area contributed by atoms with Crippen LogP contribution >= 0.6 is 15.9 Å². The number of benzene rings is 2. The molecule has 0 aromatic heterocycles. The van der Waals surface area contributed by atoms with Crippen LogP contribution in [0.25, 0.3) is 5.70 Å². The van der Waals surface area contributed by atoms with Crippen molar-refractivity contribution in [2.24, 2.45) is 5.92 Å². The summed E-state index contributed by atoms with van der Waals surface area (Å²) < 4.78 is 6.48. The highest BCUT2D eigenvalue weighted by molar-refractivity contribution is 9.10. The van der Waals surface area contributed by atoms with Gasteiger partial charge in [0.15, 0.2) is 0 Å². The zero-order valence-corrected chi connectivity index (χ0v) is 16.9. The van der Waals surface area contributed by atoms with Crippen LogP contribution in [0.15, 0.2) is 53.0 Å². The molecule has 2 aromatic carbocycles. The number of phenols is 1. The first-order chi connectivity index (χ1) is 12.5. The third kappa shape index (κ3) is 4.22. The van der Waals surface area contributed by atoms with Gasteiger partial charge in [0.05, 0.1) is 18.8 Å². The standard InChI is InChI=1S/C21H25BrN2O2/c1-4-26-16-8-5-14(6-9-16)18-12-19(24-21(23-18)13(2)3)17-11-15(22)7-10-20(17)25/h5-13,19,21,23-25H,4H2,1-3H3. The first kappa shape index (κ1) is 18.8. The van der Waals surface area contributed by atoms with Gasteiger partial charge in [0, 0.05) is 15.7 Å². The fraction of sp³-hybridized carbons (Fsp3) is 0.333. The molecule has 3 N–H and O–H groups in total. The number of ether oxygens (including phenoxy) is 1. The predicted molar refractivity (Wildman–Crippen MR) is 109 cm³/mol. The summed E-state index contributed by atoms with van der Waals surface area (Å²) in [7, 11) is 0. The van der Waals surface area contributed by atoms with Crippen LogP contribution in [-0.2, 0) is 0 Å². The minimum Gasteiger partial charge on any atom is -0.508 e. The van der Waals surface area contributed by atoms with Crippen LogP contribution in [-0.4, -0.2) is 17.9 Å². The molecular formula is C21H25BrN2O2. The molecule has 4 nitrogen and oxygen atoms in total. The van der Waals surface area contributed by atoms with Gasteiger partial charge < -0.3 is 15.2 Å². The van der Waals surface area contributed by atoms with E-state index in [-0.39, 0.29) is 18.0 Å². The van der Waals surface area contributed by atoms with Crippen LogP contribution in [0.1, 0.15) is 37.9 Å². The second-order valence-corrected chi connectivity index (χ2v) is 7.67. The van der Waals surface area contributed by atoms with Gasteiger partial charge in [-0.3, -0.25) is 5.32 Å². The smallest absolute Gasteiger partial charge is 0.120 e. The minimum atomic E-state index is -0.0808. The topological polar surface area (TPSA) is 53.5 Å². The molecule has 0 amide bonds. The van der Waals surface area contributed by atoms with Crippen molar-refractivity contribution in [3.05, 3.63) is 64.1 Å². The fourth-order valence-electron chi connectivity index (χ4n) is 3.06. The Morgan fingerprint density at radius 1 is 1.15 bits per heavy atom. The highest BCUT2D eigenvalue weighted by Crippen LogP contribution is 2.33. The first-order valence-corrected chi connectivity index (χ1v) is 9.73. The van der Waals surface area contributed by atoms with Gasteiger partial charge in [-0.2, -0.15) is 0 Å². The number of nitrogens with one attached hydrogen (secondary N) is 2. The molecule has 0 fully saturated rings. The first-order valence-electron chi connectivity index (χ1n) is 8.94. The Labute approximate surface area is 163 Å². The maximum atomic E-state index is 10.3. The molecule has 0 saturated carbocycles. The molecule has 26 heavy (non-hydrogen) atoms. The molecule has 0 saturated heterocycles. The van der Waals surface area contributed by atoms with Crippen molar-refractivity contribution in [1.82, 2.24) is 10.6 Å². The summed E-state index contributed by atoms with van der Waals surface area (Å²) >= 11 is 3.50. The van der Waals surface area contributed by atoms with Crippen LogP contribution in [0.5, 0.6) is 11.5 Å². The average Bonchev–Trinajstić information content (AvgIpc) is 2.64. The minimum absolute atomic E-state index is 0.0808. The van der Waals surface area contributed by atoms with Crippen LogP contribution in [0.3, 0.4) is 0 Å². The summed E-state index contributed by atoms with van der Waals surface area (Å²) in [6, 6.07) is 13.5. The van der Waals surface area contributed by atoms with Crippen LogP contribution < -0.4 is 15.4 Å². The molecule has 3 rings (SSSR count). The van der Waals surface area contributed by atoms with E-state index in [0.29, 0.717) is 12.5 Å². The number of aromatic hydroxyl groups is 1. The van der Waals surface area contributed by atoms with E-state index in [4.69, 9.17) is 4.74 Å². The van der Waals surface area contributed by atoms with E-state index in [1.54, 1.807) is 6.07 Å². The summed E-state index contributed by atoms with van der Waals surface area (Å²) in [5, 5.41) is 17.5. The second-order valence-electron chi connectivity index (χ2n) is 6.75. The normalized spacial score (nSPS) is 19.8. The monoisotopic (exact) mass is 416 g/mol. The molecule has 138 valence electrons. The highest BCUT2D eigenvalue weighted by Gasteiger charge is 2.26. The lowest BCUT2D eigenvalue weighted by atomic mass is 9.97. The van der Waals surface area contributed by atoms with E-state index in [1.807, 2.05) is 31.2 Å². The SMILES string of the molecule is CCOc1ccc(C2=CC(c3cc(Br)ccc3O)NC(C(C)C)N2)cc1. The summed E-state index contributed by atoms with van der Waals surface area (Å²) in [5.74, 6) is 1.54. The lowest BCUT2D eigenvalue weighted by Gasteiger charge is -2.35. The Morgan fingerprint density at radius 2 is 1.88 bits per heavy atom. The van der Waals surface area contributed by atoms with Crippen molar-refractivity contribution in [3.8, 4) is 11.5 Å². The Hall–Kier alpha value is -1.98. The van der Waals surface area contributed by atoms with Gasteiger partial charge >= 0.3 is 0 Å². The van der Waals surface area contributed by atoms with Gasteiger partial charge in [-0.1, -0.05) is 29.8 Å². The van der Waals surface area contributed by atoms with Crippen molar-refractivity contribution in [1.29, 1.82) is 0 Å². The van der Waals surface area contributed by atoms with Crippen molar-refractivity contribution < 1.29 is 9.84 Å². The number of halogens is 1. The molecule has 0 bridgehead atoms. The predicted octanol–water partition coefficient (Wildman–Crippen LogP) is 4.81. The average molecular weight is 417 g/mol. The van der Waals surface area contributed by atoms with Gasteiger partial charge in [0.1, 0.15) is 11.5 Å². The molecular weight excluding hydrogens is 392 g/mol. The third-order valence-corrected chi connectivity index (χ3v) is 4.96. The molecule has 5 heteroatoms. The number of rotatable bonds is 5. The lowest BCUT2D eigenvalue weighted by Crippen LogP contribution is -2.49. The quantitative estimate of drug-likeness (QED) is 0.654. The molecule has 0 aliphatic carbocycles. The number of hydrogen-bond donors (Lipinski definition) is 3. The molecule has 0 spiro atoms. The Morgan fingerprint density at radius 3 is 2.54 bits per heavy atom. The van der Waals surface area contributed by atoms with Gasteiger partial charge in [-0.15, -0.1) is 0 Å². The van der Waals surface area contributed by atoms with E-state index in [0.717, 1.165) is 27.0 Å². The van der Waals surface area contributed by atoms with Gasteiger partial charge in [0.2, 0.25) is 0 Å². The van der Waals surface area contributed by atoms with Crippen molar-refractivity contribution in [2.75, 3.05) is 6.61 Å². The molecule has 1 heterocycles. The number of hydrogen-bond acceptors (Lipinski definition) is 4.